The Morgan fingerprint density at radius 2 is 1.90 bits per heavy atom. The highest BCUT2D eigenvalue weighted by molar-refractivity contribution is 6.30. The van der Waals surface area contributed by atoms with Crippen LogP contribution in [0.3, 0.4) is 0 Å². The van der Waals surface area contributed by atoms with Crippen LogP contribution in [0.25, 0.3) is 0 Å². The number of hydrogen-bond donors (Lipinski definition) is 1. The highest BCUT2D eigenvalue weighted by Gasteiger charge is 2.18. The average molecular weight is 290 g/mol. The van der Waals surface area contributed by atoms with Gasteiger partial charge in [0.1, 0.15) is 5.75 Å². The molecule has 0 heterocycles. The Kier molecular flexibility index (Phi) is 4.69. The van der Waals surface area contributed by atoms with E-state index >= 15 is 0 Å². The van der Waals surface area contributed by atoms with Crippen molar-refractivity contribution in [2.75, 3.05) is 14.2 Å². The predicted molar refractivity (Wildman–Crippen MR) is 84.8 cm³/mol. The van der Waals surface area contributed by atoms with E-state index in [2.05, 4.69) is 37.4 Å². The number of halogens is 1. The Labute approximate surface area is 125 Å². The summed E-state index contributed by atoms with van der Waals surface area (Å²) in [4.78, 5) is 0. The highest BCUT2D eigenvalue weighted by atomic mass is 35.5. The molecule has 20 heavy (non-hydrogen) atoms. The quantitative estimate of drug-likeness (QED) is 0.907. The van der Waals surface area contributed by atoms with Crippen molar-refractivity contribution in [2.24, 2.45) is 0 Å². The van der Waals surface area contributed by atoms with Crippen molar-refractivity contribution >= 4 is 11.6 Å². The van der Waals surface area contributed by atoms with Gasteiger partial charge in [0.2, 0.25) is 0 Å². The summed E-state index contributed by atoms with van der Waals surface area (Å²) < 4.78 is 5.62. The first-order valence-corrected chi connectivity index (χ1v) is 7.03. The van der Waals surface area contributed by atoms with Crippen molar-refractivity contribution in [2.45, 2.75) is 19.9 Å². The van der Waals surface area contributed by atoms with Crippen molar-refractivity contribution in [1.82, 2.24) is 5.32 Å². The Hall–Kier alpha value is -1.51. The van der Waals surface area contributed by atoms with Gasteiger partial charge in [-0.05, 0) is 49.7 Å². The lowest BCUT2D eigenvalue weighted by Gasteiger charge is -2.22. The summed E-state index contributed by atoms with van der Waals surface area (Å²) >= 11 is 6.10. The lowest BCUT2D eigenvalue weighted by atomic mass is 9.94. The topological polar surface area (TPSA) is 21.3 Å². The second kappa shape index (κ2) is 6.29. The number of aryl methyl sites for hydroxylation is 1. The number of nitrogens with one attached hydrogen (secondary N) is 1. The predicted octanol–water partition coefficient (Wildman–Crippen LogP) is 4.27. The zero-order chi connectivity index (χ0) is 14.7. The van der Waals surface area contributed by atoms with Gasteiger partial charge in [-0.1, -0.05) is 35.9 Å². The largest absolute Gasteiger partial charge is 0.496 e. The number of methoxy groups -OCH3 is 1. The first kappa shape index (κ1) is 14.9. The summed E-state index contributed by atoms with van der Waals surface area (Å²) in [5.41, 5.74) is 4.65. The zero-order valence-corrected chi connectivity index (χ0v) is 13.1. The molecule has 0 radical (unpaired) electrons. The van der Waals surface area contributed by atoms with Crippen molar-refractivity contribution in [1.29, 1.82) is 0 Å². The maximum absolute atomic E-state index is 6.10. The summed E-state index contributed by atoms with van der Waals surface area (Å²) in [7, 11) is 3.66. The number of rotatable bonds is 4. The summed E-state index contributed by atoms with van der Waals surface area (Å²) in [6, 6.07) is 12.2. The lowest BCUT2D eigenvalue weighted by molar-refractivity contribution is 0.402. The summed E-state index contributed by atoms with van der Waals surface area (Å²) in [5, 5.41) is 4.09. The minimum atomic E-state index is 0.0583. The van der Waals surface area contributed by atoms with Gasteiger partial charge in [-0.15, -0.1) is 0 Å². The van der Waals surface area contributed by atoms with E-state index in [-0.39, 0.29) is 6.04 Å². The lowest BCUT2D eigenvalue weighted by Crippen LogP contribution is -2.19. The van der Waals surface area contributed by atoms with E-state index in [0.29, 0.717) is 0 Å². The van der Waals surface area contributed by atoms with E-state index in [0.717, 1.165) is 21.9 Å². The molecule has 0 aliphatic rings. The molecule has 0 aliphatic heterocycles. The van der Waals surface area contributed by atoms with E-state index in [9.17, 15) is 0 Å². The van der Waals surface area contributed by atoms with Gasteiger partial charge >= 0.3 is 0 Å². The van der Waals surface area contributed by atoms with Gasteiger partial charge in [0.05, 0.1) is 13.2 Å². The maximum Gasteiger partial charge on any atom is 0.127 e. The second-order valence-corrected chi connectivity index (χ2v) is 5.34. The Morgan fingerprint density at radius 1 is 1.15 bits per heavy atom. The first-order valence-electron chi connectivity index (χ1n) is 6.65. The van der Waals surface area contributed by atoms with Crippen LogP contribution < -0.4 is 10.1 Å². The molecular weight excluding hydrogens is 270 g/mol. The molecule has 1 N–H and O–H groups in total. The van der Waals surface area contributed by atoms with Crippen LogP contribution in [0, 0.1) is 13.8 Å². The van der Waals surface area contributed by atoms with Crippen molar-refractivity contribution in [3.05, 3.63) is 63.7 Å². The molecule has 1 atom stereocenters. The van der Waals surface area contributed by atoms with Gasteiger partial charge in [-0.2, -0.15) is 0 Å². The fourth-order valence-electron chi connectivity index (χ4n) is 2.50. The molecule has 2 nitrogen and oxygen atoms in total. The minimum Gasteiger partial charge on any atom is -0.496 e. The maximum atomic E-state index is 6.10. The van der Waals surface area contributed by atoms with Gasteiger partial charge in [0.15, 0.2) is 0 Å². The Morgan fingerprint density at radius 3 is 2.50 bits per heavy atom. The van der Waals surface area contributed by atoms with E-state index in [1.54, 1.807) is 7.11 Å². The fourth-order valence-corrected chi connectivity index (χ4v) is 2.70. The second-order valence-electron chi connectivity index (χ2n) is 4.91. The molecule has 0 saturated carbocycles. The van der Waals surface area contributed by atoms with Crippen molar-refractivity contribution < 1.29 is 4.74 Å². The van der Waals surface area contributed by atoms with Crippen molar-refractivity contribution in [3.63, 3.8) is 0 Å². The molecule has 2 aromatic carbocycles. The molecule has 0 fully saturated rings. The molecule has 2 rings (SSSR count). The number of benzene rings is 2. The number of ether oxygens (including phenoxy) is 1. The number of hydrogen-bond acceptors (Lipinski definition) is 2. The molecule has 0 amide bonds. The third-order valence-electron chi connectivity index (χ3n) is 3.69. The van der Waals surface area contributed by atoms with Gasteiger partial charge < -0.3 is 10.1 Å². The van der Waals surface area contributed by atoms with Crippen LogP contribution in [-0.4, -0.2) is 14.2 Å². The van der Waals surface area contributed by atoms with Gasteiger partial charge in [-0.25, -0.2) is 0 Å². The first-order chi connectivity index (χ1) is 9.58. The smallest absolute Gasteiger partial charge is 0.127 e. The monoisotopic (exact) mass is 289 g/mol. The van der Waals surface area contributed by atoms with Crippen LogP contribution in [0.4, 0.5) is 0 Å². The van der Waals surface area contributed by atoms with Crippen LogP contribution in [-0.2, 0) is 0 Å². The molecule has 0 aliphatic carbocycles. The van der Waals surface area contributed by atoms with Crippen molar-refractivity contribution in [3.8, 4) is 5.75 Å². The van der Waals surface area contributed by atoms with Crippen LogP contribution >= 0.6 is 11.6 Å². The molecule has 2 aromatic rings. The molecule has 0 saturated heterocycles. The third-order valence-corrected chi connectivity index (χ3v) is 3.93. The Balaban J connectivity index is 2.55. The SMILES string of the molecule is CNC(c1cccc(Cl)c1)c1ccc(C)c(C)c1OC. The van der Waals surface area contributed by atoms with E-state index in [4.69, 9.17) is 16.3 Å². The van der Waals surface area contributed by atoms with E-state index in [1.807, 2.05) is 25.2 Å². The summed E-state index contributed by atoms with van der Waals surface area (Å²) in [5.74, 6) is 0.935. The Bertz CT molecular complexity index is 610. The molecule has 0 aromatic heterocycles. The molecule has 106 valence electrons. The standard InChI is InChI=1S/C17H20ClNO/c1-11-8-9-15(17(20-4)12(11)2)16(19-3)13-6-5-7-14(18)10-13/h5-10,16,19H,1-4H3. The van der Waals surface area contributed by atoms with Crippen LogP contribution in [0.15, 0.2) is 36.4 Å². The summed E-state index contributed by atoms with van der Waals surface area (Å²) in [6.07, 6.45) is 0. The zero-order valence-electron chi connectivity index (χ0n) is 12.3. The molecule has 1 unspecified atom stereocenters. The molecular formula is C17H20ClNO. The van der Waals surface area contributed by atoms with Gasteiger partial charge in [-0.3, -0.25) is 0 Å². The van der Waals surface area contributed by atoms with Gasteiger partial charge in [0, 0.05) is 10.6 Å². The van der Waals surface area contributed by atoms with Crippen LogP contribution in [0.2, 0.25) is 5.02 Å². The average Bonchev–Trinajstić information content (AvgIpc) is 2.44. The fraction of sp³-hybridized carbons (Fsp3) is 0.294. The molecule has 3 heteroatoms. The minimum absolute atomic E-state index is 0.0583. The third kappa shape index (κ3) is 2.82. The van der Waals surface area contributed by atoms with E-state index < -0.39 is 0 Å². The summed E-state index contributed by atoms with van der Waals surface area (Å²) in [6.45, 7) is 4.18. The van der Waals surface area contributed by atoms with Crippen LogP contribution in [0.5, 0.6) is 5.75 Å². The normalized spacial score (nSPS) is 12.2. The molecule has 0 bridgehead atoms. The molecule has 0 spiro atoms. The highest BCUT2D eigenvalue weighted by Crippen LogP contribution is 2.34. The van der Waals surface area contributed by atoms with Crippen LogP contribution in [0.1, 0.15) is 28.3 Å². The van der Waals surface area contributed by atoms with Gasteiger partial charge in [0.25, 0.3) is 0 Å². The van der Waals surface area contributed by atoms with E-state index in [1.165, 1.54) is 11.1 Å².